The van der Waals surface area contributed by atoms with Crippen LogP contribution < -0.4 is 27.4 Å². The zero-order valence-corrected chi connectivity index (χ0v) is 14.1. The van der Waals surface area contributed by atoms with Gasteiger partial charge < -0.3 is 10.2 Å². The number of rotatable bonds is 0. The molecule has 1 saturated heterocycles. The first-order valence-corrected chi connectivity index (χ1v) is 7.67. The van der Waals surface area contributed by atoms with Gasteiger partial charge in [0, 0.05) is 21.1 Å². The van der Waals surface area contributed by atoms with Gasteiger partial charge in [-0.25, -0.2) is 4.79 Å². The molecule has 1 fully saturated rings. The molecule has 0 bridgehead atoms. The lowest BCUT2D eigenvalue weighted by atomic mass is 10.4. The third kappa shape index (κ3) is 2.48. The van der Waals surface area contributed by atoms with Crippen molar-refractivity contribution >= 4 is 23.3 Å². The second-order valence-corrected chi connectivity index (χ2v) is 5.82. The molecule has 0 aromatic carbocycles. The second kappa shape index (κ2) is 5.69. The third-order valence-corrected chi connectivity index (χ3v) is 4.55. The number of fused-ring (bicyclic) bond motifs is 1. The second-order valence-electron chi connectivity index (χ2n) is 5.43. The Hall–Kier alpha value is -2.36. The monoisotopic (exact) mass is 336 g/mol. The SMILES string of the molecule is CNC(=S)N1CC[N+](=C2N=c3c(=O)n(C)c(=O)n(C)c3=N2)CC1. The summed E-state index contributed by atoms with van der Waals surface area (Å²) >= 11 is 5.23. The maximum atomic E-state index is 12.2. The summed E-state index contributed by atoms with van der Waals surface area (Å²) in [5.74, 6) is 0.480. The molecular formula is C13H18N7O2S+. The van der Waals surface area contributed by atoms with Gasteiger partial charge in [-0.2, -0.15) is 0 Å². The normalized spacial score (nSPS) is 16.7. The molecule has 1 aromatic rings. The van der Waals surface area contributed by atoms with Gasteiger partial charge in [0.25, 0.3) is 10.8 Å². The van der Waals surface area contributed by atoms with Gasteiger partial charge in [0.1, 0.15) is 0 Å². The zero-order chi connectivity index (χ0) is 16.7. The molecule has 0 aliphatic carbocycles. The van der Waals surface area contributed by atoms with Crippen LogP contribution in [0.1, 0.15) is 0 Å². The van der Waals surface area contributed by atoms with Gasteiger partial charge in [0.2, 0.25) is 0 Å². The molecule has 0 spiro atoms. The average Bonchev–Trinajstić information content (AvgIpc) is 3.03. The molecule has 0 atom stereocenters. The number of guanidine groups is 1. The van der Waals surface area contributed by atoms with Crippen LogP contribution >= 0.6 is 12.2 Å². The Morgan fingerprint density at radius 1 is 1.17 bits per heavy atom. The van der Waals surface area contributed by atoms with Crippen LogP contribution in [0.2, 0.25) is 0 Å². The summed E-state index contributed by atoms with van der Waals surface area (Å²) in [5, 5.41) is 3.90. The number of nitrogens with zero attached hydrogens (tertiary/aromatic N) is 6. The van der Waals surface area contributed by atoms with Gasteiger partial charge in [-0.3, -0.25) is 18.5 Å². The van der Waals surface area contributed by atoms with E-state index in [0.717, 1.165) is 22.8 Å². The van der Waals surface area contributed by atoms with Crippen molar-refractivity contribution in [2.75, 3.05) is 33.2 Å². The predicted octanol–water partition coefficient (Wildman–Crippen LogP) is -3.47. The standard InChI is InChI=1S/C13H17N7O2S/c1-14-12(23)20-6-4-19(5-7-20)11-15-8-9(16-11)17(2)13(22)18(3)10(8)21/h4-7H2,1-3H3/p+1. The summed E-state index contributed by atoms with van der Waals surface area (Å²) in [7, 11) is 4.83. The summed E-state index contributed by atoms with van der Waals surface area (Å²) in [4.78, 5) is 34.9. The molecule has 0 amide bonds. The molecule has 3 heterocycles. The average molecular weight is 336 g/mol. The van der Waals surface area contributed by atoms with Crippen molar-refractivity contribution < 1.29 is 4.58 Å². The van der Waals surface area contributed by atoms with Crippen LogP contribution in [-0.2, 0) is 14.1 Å². The smallest absolute Gasteiger partial charge is 0.366 e. The lowest BCUT2D eigenvalue weighted by molar-refractivity contribution is -0.539. The van der Waals surface area contributed by atoms with Gasteiger partial charge in [0.05, 0.1) is 26.2 Å². The maximum Gasteiger partial charge on any atom is 0.431 e. The van der Waals surface area contributed by atoms with Crippen LogP contribution in [0.5, 0.6) is 0 Å². The molecule has 2 aliphatic rings. The first-order chi connectivity index (χ1) is 10.9. The molecular weight excluding hydrogens is 318 g/mol. The van der Waals surface area contributed by atoms with Crippen LogP contribution in [0.25, 0.3) is 0 Å². The number of thiocarbonyl (C=S) groups is 1. The number of hydrogen-bond donors (Lipinski definition) is 1. The van der Waals surface area contributed by atoms with Crippen LogP contribution in [-0.4, -0.2) is 62.9 Å². The Morgan fingerprint density at radius 2 is 1.83 bits per heavy atom. The van der Waals surface area contributed by atoms with E-state index >= 15 is 0 Å². The minimum atomic E-state index is -0.420. The first-order valence-electron chi connectivity index (χ1n) is 7.26. The van der Waals surface area contributed by atoms with E-state index in [1.165, 1.54) is 11.6 Å². The van der Waals surface area contributed by atoms with E-state index in [1.54, 1.807) is 14.1 Å². The predicted molar refractivity (Wildman–Crippen MR) is 87.5 cm³/mol. The number of nitrogens with one attached hydrogen (secondary N) is 1. The Labute approximate surface area is 136 Å². The van der Waals surface area contributed by atoms with Gasteiger partial charge in [-0.1, -0.05) is 4.99 Å². The molecule has 2 aliphatic heterocycles. The number of aromatic nitrogens is 2. The Kier molecular flexibility index (Phi) is 3.84. The van der Waals surface area contributed by atoms with Crippen molar-refractivity contribution in [3.8, 4) is 0 Å². The fourth-order valence-electron chi connectivity index (χ4n) is 2.67. The summed E-state index contributed by atoms with van der Waals surface area (Å²) in [6, 6.07) is 0. The molecule has 122 valence electrons. The summed E-state index contributed by atoms with van der Waals surface area (Å²) < 4.78 is 4.39. The van der Waals surface area contributed by atoms with E-state index in [0.29, 0.717) is 24.5 Å². The van der Waals surface area contributed by atoms with Crippen molar-refractivity contribution in [3.63, 3.8) is 0 Å². The zero-order valence-electron chi connectivity index (χ0n) is 13.2. The maximum absolute atomic E-state index is 12.2. The van der Waals surface area contributed by atoms with E-state index in [4.69, 9.17) is 12.2 Å². The van der Waals surface area contributed by atoms with Crippen LogP contribution in [0.3, 0.4) is 0 Å². The van der Waals surface area contributed by atoms with Crippen molar-refractivity contribution in [2.45, 2.75) is 0 Å². The van der Waals surface area contributed by atoms with E-state index < -0.39 is 11.2 Å². The highest BCUT2D eigenvalue weighted by molar-refractivity contribution is 7.80. The molecule has 0 saturated carbocycles. The molecule has 0 radical (unpaired) electrons. The summed E-state index contributed by atoms with van der Waals surface area (Å²) in [6.07, 6.45) is 0. The summed E-state index contributed by atoms with van der Waals surface area (Å²) in [5.41, 5.74) is -0.503. The summed E-state index contributed by atoms with van der Waals surface area (Å²) in [6.45, 7) is 2.90. The fourth-order valence-corrected chi connectivity index (χ4v) is 2.85. The highest BCUT2D eigenvalue weighted by atomic mass is 32.1. The molecule has 1 aromatic heterocycles. The fraction of sp³-hybridized carbons (Fsp3) is 0.538. The van der Waals surface area contributed by atoms with Gasteiger partial charge in [-0.05, 0) is 17.2 Å². The van der Waals surface area contributed by atoms with Crippen LogP contribution in [0.15, 0.2) is 19.6 Å². The Morgan fingerprint density at radius 3 is 2.43 bits per heavy atom. The van der Waals surface area contributed by atoms with Crippen molar-refractivity contribution in [1.29, 1.82) is 0 Å². The first kappa shape index (κ1) is 15.5. The molecule has 9 nitrogen and oxygen atoms in total. The highest BCUT2D eigenvalue weighted by Crippen LogP contribution is 1.99. The largest absolute Gasteiger partial charge is 0.431 e. The van der Waals surface area contributed by atoms with E-state index in [1.807, 2.05) is 4.58 Å². The lowest BCUT2D eigenvalue weighted by Crippen LogP contribution is -2.55. The molecule has 1 N–H and O–H groups in total. The van der Waals surface area contributed by atoms with E-state index in [-0.39, 0.29) is 5.36 Å². The van der Waals surface area contributed by atoms with Crippen LogP contribution in [0, 0.1) is 0 Å². The molecule has 23 heavy (non-hydrogen) atoms. The van der Waals surface area contributed by atoms with Crippen molar-refractivity contribution in [2.24, 2.45) is 24.1 Å². The van der Waals surface area contributed by atoms with Gasteiger partial charge in [-0.15, -0.1) is 0 Å². The minimum absolute atomic E-state index is 0.220. The van der Waals surface area contributed by atoms with Crippen molar-refractivity contribution in [3.05, 3.63) is 31.7 Å². The van der Waals surface area contributed by atoms with E-state index in [2.05, 4.69) is 20.2 Å². The highest BCUT2D eigenvalue weighted by Gasteiger charge is 2.27. The third-order valence-electron chi connectivity index (χ3n) is 4.09. The Bertz CT molecular complexity index is 946. The minimum Gasteiger partial charge on any atom is -0.366 e. The van der Waals surface area contributed by atoms with Gasteiger partial charge in [0.15, 0.2) is 5.11 Å². The number of piperazine rings is 1. The molecule has 0 unspecified atom stereocenters. The van der Waals surface area contributed by atoms with Crippen LogP contribution in [0.4, 0.5) is 0 Å². The molecule has 10 heteroatoms. The van der Waals surface area contributed by atoms with E-state index in [9.17, 15) is 9.59 Å². The Balaban J connectivity index is 2.02. The lowest BCUT2D eigenvalue weighted by Gasteiger charge is -2.29. The van der Waals surface area contributed by atoms with Gasteiger partial charge >= 0.3 is 17.2 Å². The topological polar surface area (TPSA) is 87.0 Å². The molecule has 3 rings (SSSR count). The van der Waals surface area contributed by atoms with Crippen molar-refractivity contribution in [1.82, 2.24) is 19.4 Å². The quantitative estimate of drug-likeness (QED) is 0.393. The number of hydrogen-bond acceptors (Lipinski definition) is 3.